The van der Waals surface area contributed by atoms with Crippen molar-refractivity contribution >= 4 is 34.6 Å². The van der Waals surface area contributed by atoms with Gasteiger partial charge in [0.05, 0.1) is 11.9 Å². The Labute approximate surface area is 195 Å². The Morgan fingerprint density at radius 1 is 0.912 bits per heavy atom. The van der Waals surface area contributed by atoms with Crippen LogP contribution in [0.3, 0.4) is 0 Å². The van der Waals surface area contributed by atoms with Gasteiger partial charge < -0.3 is 21.1 Å². The highest BCUT2D eigenvalue weighted by molar-refractivity contribution is 5.99. The van der Waals surface area contributed by atoms with Crippen molar-refractivity contribution in [3.05, 3.63) is 78.0 Å². The van der Waals surface area contributed by atoms with E-state index in [1.54, 1.807) is 6.07 Å². The van der Waals surface area contributed by atoms with E-state index >= 15 is 0 Å². The number of carbonyl (C=O) groups is 4. The molecule has 34 heavy (non-hydrogen) atoms. The molecule has 0 bridgehead atoms. The summed E-state index contributed by atoms with van der Waals surface area (Å²) < 4.78 is 0. The van der Waals surface area contributed by atoms with Crippen LogP contribution in [0.25, 0.3) is 10.9 Å². The monoisotopic (exact) mass is 460 g/mol. The largest absolute Gasteiger partial charge is 0.480 e. The van der Waals surface area contributed by atoms with Gasteiger partial charge in [-0.05, 0) is 17.7 Å². The Balaban J connectivity index is 1.35. The maximum absolute atomic E-state index is 12.5. The topological polar surface area (TPSA) is 137 Å². The molecule has 0 unspecified atom stereocenters. The number of aliphatic carboxylic acids is 1. The summed E-state index contributed by atoms with van der Waals surface area (Å²) in [5, 5.41) is 18.2. The Morgan fingerprint density at radius 2 is 1.59 bits per heavy atom. The summed E-state index contributed by atoms with van der Waals surface area (Å²) in [6.45, 7) is 0. The number of carboxylic acids is 1. The third-order valence-electron chi connectivity index (χ3n) is 5.64. The van der Waals surface area contributed by atoms with Crippen LogP contribution in [0, 0.1) is 0 Å². The first-order valence-electron chi connectivity index (χ1n) is 10.9. The number of benzene rings is 2. The van der Waals surface area contributed by atoms with Gasteiger partial charge in [0.2, 0.25) is 17.7 Å². The summed E-state index contributed by atoms with van der Waals surface area (Å²) in [6.07, 6.45) is -0.0595. The molecule has 0 aliphatic carbocycles. The van der Waals surface area contributed by atoms with Gasteiger partial charge in [-0.15, -0.1) is 0 Å². The molecule has 174 valence electrons. The minimum absolute atomic E-state index is 0.0196. The highest BCUT2D eigenvalue weighted by Gasteiger charge is 2.35. The molecule has 2 aromatic carbocycles. The van der Waals surface area contributed by atoms with Crippen LogP contribution in [0.15, 0.2) is 66.7 Å². The third kappa shape index (κ3) is 5.55. The average molecular weight is 460 g/mol. The molecule has 1 saturated heterocycles. The number of hydrogen-bond acceptors (Lipinski definition) is 5. The quantitative estimate of drug-likeness (QED) is 0.395. The smallest absolute Gasteiger partial charge is 0.326 e. The van der Waals surface area contributed by atoms with Crippen molar-refractivity contribution in [3.63, 3.8) is 0 Å². The maximum Gasteiger partial charge on any atom is 0.326 e. The minimum Gasteiger partial charge on any atom is -0.480 e. The van der Waals surface area contributed by atoms with E-state index in [0.29, 0.717) is 12.1 Å². The number of carboxylic acid groups (broad SMARTS) is 1. The summed E-state index contributed by atoms with van der Waals surface area (Å²) in [5.74, 6) is -2.76. The number of carbonyl (C=O) groups excluding carboxylic acids is 3. The maximum atomic E-state index is 12.5. The number of pyridine rings is 1. The Kier molecular flexibility index (Phi) is 6.82. The molecule has 9 nitrogen and oxygen atoms in total. The van der Waals surface area contributed by atoms with E-state index in [2.05, 4.69) is 20.9 Å². The predicted octanol–water partition coefficient (Wildman–Crippen LogP) is 0.963. The molecule has 1 aromatic heterocycles. The first-order valence-corrected chi connectivity index (χ1v) is 10.9. The lowest BCUT2D eigenvalue weighted by Crippen LogP contribution is -2.63. The van der Waals surface area contributed by atoms with Gasteiger partial charge in [-0.25, -0.2) is 4.79 Å². The van der Waals surface area contributed by atoms with Crippen molar-refractivity contribution in [3.8, 4) is 0 Å². The van der Waals surface area contributed by atoms with Gasteiger partial charge in [0, 0.05) is 23.9 Å². The number of piperazine rings is 1. The molecule has 4 rings (SSSR count). The van der Waals surface area contributed by atoms with Crippen molar-refractivity contribution in [2.75, 3.05) is 0 Å². The van der Waals surface area contributed by atoms with Crippen LogP contribution >= 0.6 is 0 Å². The minimum atomic E-state index is -1.23. The van der Waals surface area contributed by atoms with Crippen molar-refractivity contribution in [2.24, 2.45) is 0 Å². The number of fused-ring (bicyclic) bond motifs is 1. The van der Waals surface area contributed by atoms with Gasteiger partial charge in [-0.2, -0.15) is 0 Å². The number of amides is 3. The van der Waals surface area contributed by atoms with Crippen LogP contribution < -0.4 is 16.0 Å². The number of hydrogen-bond donors (Lipinski definition) is 4. The molecule has 0 saturated carbocycles. The number of rotatable bonds is 8. The van der Waals surface area contributed by atoms with Gasteiger partial charge in [0.15, 0.2) is 0 Å². The highest BCUT2D eigenvalue weighted by atomic mass is 16.4. The van der Waals surface area contributed by atoms with Crippen LogP contribution in [0.4, 0.5) is 0 Å². The van der Waals surface area contributed by atoms with Gasteiger partial charge >= 0.3 is 5.97 Å². The molecule has 3 atom stereocenters. The molecule has 2 heterocycles. The molecule has 4 N–H and O–H groups in total. The second kappa shape index (κ2) is 10.1. The second-order valence-corrected chi connectivity index (χ2v) is 8.17. The fourth-order valence-corrected chi connectivity index (χ4v) is 3.88. The molecule has 9 heteroatoms. The van der Waals surface area contributed by atoms with Crippen molar-refractivity contribution in [1.29, 1.82) is 0 Å². The Bertz CT molecular complexity index is 1230. The first-order chi connectivity index (χ1) is 16.4. The number of aromatic nitrogens is 1. The lowest BCUT2D eigenvalue weighted by molar-refractivity contribution is -0.142. The Hall–Kier alpha value is -4.27. The van der Waals surface area contributed by atoms with Crippen molar-refractivity contribution in [2.45, 2.75) is 37.4 Å². The zero-order valence-corrected chi connectivity index (χ0v) is 18.2. The third-order valence-corrected chi connectivity index (χ3v) is 5.64. The molecule has 0 spiro atoms. The summed E-state index contributed by atoms with van der Waals surface area (Å²) in [6, 6.07) is 17.2. The van der Waals surface area contributed by atoms with Crippen molar-refractivity contribution < 1.29 is 24.3 Å². The van der Waals surface area contributed by atoms with Crippen molar-refractivity contribution in [1.82, 2.24) is 20.9 Å². The molecule has 3 aromatic rings. The van der Waals surface area contributed by atoms with E-state index in [0.717, 1.165) is 16.5 Å². The molecule has 1 fully saturated rings. The van der Waals surface area contributed by atoms with E-state index < -0.39 is 41.8 Å². The fraction of sp³-hybridized carbons (Fsp3) is 0.240. The van der Waals surface area contributed by atoms with Gasteiger partial charge in [-0.3, -0.25) is 19.4 Å². The summed E-state index contributed by atoms with van der Waals surface area (Å²) >= 11 is 0. The molecular weight excluding hydrogens is 436 g/mol. The Morgan fingerprint density at radius 3 is 2.35 bits per heavy atom. The number of nitrogens with one attached hydrogen (secondary N) is 3. The van der Waals surface area contributed by atoms with E-state index in [1.807, 2.05) is 60.7 Å². The van der Waals surface area contributed by atoms with Gasteiger partial charge in [-0.1, -0.05) is 54.6 Å². The van der Waals surface area contributed by atoms with E-state index in [1.165, 1.54) is 0 Å². The zero-order valence-electron chi connectivity index (χ0n) is 18.2. The standard InChI is InChI=1S/C25H24N4O5/c30-22(14-20-24(32)28-19(23(31)29-20)12-15-6-2-1-3-7-15)27-21(25(33)34)13-17-11-10-16-8-4-5-9-18(16)26-17/h1-11,19-21H,12-14H2,(H,27,30)(H,28,32)(H,29,31)(H,33,34)/t19-,20-,21+/m0/s1. The predicted molar refractivity (Wildman–Crippen MR) is 124 cm³/mol. The van der Waals surface area contributed by atoms with Crippen LogP contribution in [0.5, 0.6) is 0 Å². The fourth-order valence-electron chi connectivity index (χ4n) is 3.88. The highest BCUT2D eigenvalue weighted by Crippen LogP contribution is 2.13. The van der Waals surface area contributed by atoms with E-state index in [4.69, 9.17) is 0 Å². The second-order valence-electron chi connectivity index (χ2n) is 8.17. The molecule has 3 amide bonds. The van der Waals surface area contributed by atoms with Gasteiger partial charge in [0.1, 0.15) is 18.1 Å². The number of para-hydroxylation sites is 1. The van der Waals surface area contributed by atoms with Crippen LogP contribution in [-0.2, 0) is 32.0 Å². The van der Waals surface area contributed by atoms with E-state index in [9.17, 15) is 24.3 Å². The lowest BCUT2D eigenvalue weighted by atomic mass is 10.0. The SMILES string of the molecule is O=C(C[C@@H]1NC(=O)[C@H](Cc2ccccc2)NC1=O)N[C@H](Cc1ccc2ccccc2n1)C(=O)O. The first kappa shape index (κ1) is 22.9. The average Bonchev–Trinajstić information content (AvgIpc) is 2.82. The number of nitrogens with zero attached hydrogens (tertiary/aromatic N) is 1. The lowest BCUT2D eigenvalue weighted by Gasteiger charge is -2.29. The molecule has 0 radical (unpaired) electrons. The van der Waals surface area contributed by atoms with Gasteiger partial charge in [0.25, 0.3) is 0 Å². The zero-order chi connectivity index (χ0) is 24.1. The summed E-state index contributed by atoms with van der Waals surface area (Å²) in [4.78, 5) is 53.6. The van der Waals surface area contributed by atoms with Crippen LogP contribution in [0.1, 0.15) is 17.7 Å². The van der Waals surface area contributed by atoms with Crippen LogP contribution in [-0.4, -0.2) is 51.9 Å². The summed E-state index contributed by atoms with van der Waals surface area (Å²) in [7, 11) is 0. The van der Waals surface area contributed by atoms with Crippen LogP contribution in [0.2, 0.25) is 0 Å². The summed E-state index contributed by atoms with van der Waals surface area (Å²) in [5.41, 5.74) is 2.13. The molecule has 1 aliphatic heterocycles. The molecule has 1 aliphatic rings. The normalized spacial score (nSPS) is 18.6. The molecular formula is C25H24N4O5. The van der Waals surface area contributed by atoms with E-state index in [-0.39, 0.29) is 12.8 Å².